The molecule has 1 aromatic carbocycles. The molecule has 0 radical (unpaired) electrons. The van der Waals surface area contributed by atoms with E-state index >= 15 is 0 Å². The molecular weight excluding hydrogens is 332 g/mol. The van der Waals surface area contributed by atoms with Gasteiger partial charge < -0.3 is 0 Å². The average Bonchev–Trinajstić information content (AvgIpc) is 2.58. The van der Waals surface area contributed by atoms with Gasteiger partial charge >= 0.3 is 0 Å². The van der Waals surface area contributed by atoms with Crippen LogP contribution in [0.2, 0.25) is 0 Å². The molecule has 25 heavy (non-hydrogen) atoms. The fraction of sp³-hybridized carbons (Fsp3) is 0.714. The van der Waals surface area contributed by atoms with Crippen molar-refractivity contribution in [1.29, 1.82) is 0 Å². The molecule has 0 bridgehead atoms. The van der Waals surface area contributed by atoms with Gasteiger partial charge in [0.15, 0.2) is 0 Å². The molecule has 0 saturated carbocycles. The molecule has 144 valence electrons. The van der Waals surface area contributed by atoms with Crippen LogP contribution in [0.25, 0.3) is 0 Å². The summed E-state index contributed by atoms with van der Waals surface area (Å²) in [4.78, 5) is 0. The van der Waals surface area contributed by atoms with Gasteiger partial charge in [-0.25, -0.2) is 0 Å². The summed E-state index contributed by atoms with van der Waals surface area (Å²) in [6.07, 6.45) is 3.71. The number of rotatable bonds is 10. The molecule has 0 atom stereocenters. The summed E-state index contributed by atoms with van der Waals surface area (Å²) >= 11 is 0. The monoisotopic (exact) mass is 368 g/mol. The molecule has 0 aromatic heterocycles. The maximum absolute atomic E-state index is 11.4. The molecule has 0 heterocycles. The first-order valence-corrected chi connectivity index (χ1v) is 11.1. The molecule has 1 rings (SSSR count). The molecule has 4 heteroatoms. The number of benzene rings is 1. The summed E-state index contributed by atoms with van der Waals surface area (Å²) in [7, 11) is -3.35. The largest absolute Gasteiger partial charge is 0.270 e. The van der Waals surface area contributed by atoms with Gasteiger partial charge in [0, 0.05) is 0 Å². The van der Waals surface area contributed by atoms with Gasteiger partial charge in [0.1, 0.15) is 0 Å². The van der Waals surface area contributed by atoms with E-state index < -0.39 is 10.1 Å². The molecule has 0 amide bonds. The molecular formula is C21H36O3S. The van der Waals surface area contributed by atoms with Crippen LogP contribution in [0.15, 0.2) is 18.2 Å². The van der Waals surface area contributed by atoms with Gasteiger partial charge in [0.2, 0.25) is 0 Å². The topological polar surface area (TPSA) is 43.4 Å². The first-order valence-electron chi connectivity index (χ1n) is 9.50. The Morgan fingerprint density at radius 1 is 0.960 bits per heavy atom. The van der Waals surface area contributed by atoms with E-state index in [2.05, 4.69) is 59.7 Å². The third kappa shape index (κ3) is 6.10. The van der Waals surface area contributed by atoms with Crippen molar-refractivity contribution in [2.24, 2.45) is 0 Å². The van der Waals surface area contributed by atoms with E-state index in [1.807, 2.05) is 0 Å². The fourth-order valence-corrected chi connectivity index (χ4v) is 3.31. The zero-order valence-electron chi connectivity index (χ0n) is 17.1. The first-order chi connectivity index (χ1) is 11.5. The van der Waals surface area contributed by atoms with E-state index in [-0.39, 0.29) is 23.2 Å². The Hall–Kier alpha value is -0.870. The van der Waals surface area contributed by atoms with E-state index in [9.17, 15) is 8.42 Å². The van der Waals surface area contributed by atoms with Crippen LogP contribution in [0.1, 0.15) is 84.4 Å². The van der Waals surface area contributed by atoms with Gasteiger partial charge in [0.05, 0.1) is 12.4 Å². The van der Waals surface area contributed by atoms with E-state index in [1.54, 1.807) is 6.92 Å². The van der Waals surface area contributed by atoms with Crippen molar-refractivity contribution in [3.05, 3.63) is 34.9 Å². The first kappa shape index (κ1) is 22.2. The van der Waals surface area contributed by atoms with Crippen molar-refractivity contribution in [2.45, 2.75) is 85.0 Å². The van der Waals surface area contributed by atoms with Crippen molar-refractivity contribution in [1.82, 2.24) is 0 Å². The van der Waals surface area contributed by atoms with Gasteiger partial charge in [0.25, 0.3) is 10.1 Å². The summed E-state index contributed by atoms with van der Waals surface area (Å²) in [5, 5.41) is 0. The Morgan fingerprint density at radius 2 is 1.56 bits per heavy atom. The van der Waals surface area contributed by atoms with Crippen LogP contribution < -0.4 is 0 Å². The summed E-state index contributed by atoms with van der Waals surface area (Å²) < 4.78 is 27.9. The Morgan fingerprint density at radius 3 is 2.08 bits per heavy atom. The summed E-state index contributed by atoms with van der Waals surface area (Å²) in [5.74, 6) is 0.0297. The molecule has 0 aliphatic carbocycles. The molecule has 0 unspecified atom stereocenters. The van der Waals surface area contributed by atoms with Gasteiger partial charge in [-0.05, 0) is 60.1 Å². The quantitative estimate of drug-likeness (QED) is 0.412. The highest BCUT2D eigenvalue weighted by molar-refractivity contribution is 7.86. The molecule has 0 aliphatic rings. The molecule has 0 aliphatic heterocycles. The minimum absolute atomic E-state index is 0.0297. The maximum Gasteiger partial charge on any atom is 0.267 e. The predicted octanol–water partition coefficient (Wildman–Crippen LogP) is 5.36. The third-order valence-electron chi connectivity index (χ3n) is 5.60. The van der Waals surface area contributed by atoms with E-state index in [0.29, 0.717) is 6.42 Å². The van der Waals surface area contributed by atoms with E-state index in [4.69, 9.17) is 4.18 Å². The Kier molecular flexibility index (Phi) is 7.70. The molecule has 0 N–H and O–H groups in total. The number of aryl methyl sites for hydroxylation is 1. The summed E-state index contributed by atoms with van der Waals surface area (Å²) in [6.45, 7) is 15.4. The van der Waals surface area contributed by atoms with Crippen LogP contribution in [0, 0.1) is 0 Å². The van der Waals surface area contributed by atoms with Crippen molar-refractivity contribution in [2.75, 3.05) is 12.4 Å². The van der Waals surface area contributed by atoms with E-state index in [1.165, 1.54) is 16.7 Å². The van der Waals surface area contributed by atoms with E-state index in [0.717, 1.165) is 19.3 Å². The smallest absolute Gasteiger partial charge is 0.267 e. The van der Waals surface area contributed by atoms with Crippen LogP contribution in [0.5, 0.6) is 0 Å². The Labute approximate surface area is 155 Å². The van der Waals surface area contributed by atoms with Crippen molar-refractivity contribution in [3.63, 3.8) is 0 Å². The SMILES string of the molecule is CCC(C)(C)c1ccc(CCCOS(=O)(=O)CC)c(C(C)(C)CC)c1. The lowest BCUT2D eigenvalue weighted by Crippen LogP contribution is -2.22. The number of hydrogen-bond donors (Lipinski definition) is 0. The second kappa shape index (κ2) is 8.68. The van der Waals surface area contributed by atoms with Gasteiger partial charge in [-0.2, -0.15) is 8.42 Å². The second-order valence-electron chi connectivity index (χ2n) is 8.12. The average molecular weight is 369 g/mol. The maximum atomic E-state index is 11.4. The van der Waals surface area contributed by atoms with Crippen molar-refractivity contribution in [3.8, 4) is 0 Å². The molecule has 0 spiro atoms. The van der Waals surface area contributed by atoms with Gasteiger partial charge in [-0.1, -0.05) is 59.7 Å². The highest BCUT2D eigenvalue weighted by Crippen LogP contribution is 2.35. The highest BCUT2D eigenvalue weighted by Gasteiger charge is 2.25. The number of hydrogen-bond acceptors (Lipinski definition) is 3. The lowest BCUT2D eigenvalue weighted by molar-refractivity contribution is 0.312. The predicted molar refractivity (Wildman–Crippen MR) is 107 cm³/mol. The standard InChI is InChI=1S/C21H36O3S/c1-8-20(4,5)18-14-13-17(19(16-18)21(6,7)9-2)12-11-15-24-25(22,23)10-3/h13-14,16H,8-12,15H2,1-7H3. The normalized spacial score (nSPS) is 13.2. The van der Waals surface area contributed by atoms with Gasteiger partial charge in [-0.3, -0.25) is 4.18 Å². The zero-order chi connectivity index (χ0) is 19.3. The Balaban J connectivity index is 3.02. The minimum Gasteiger partial charge on any atom is -0.270 e. The van der Waals surface area contributed by atoms with Crippen LogP contribution in [0.4, 0.5) is 0 Å². The molecule has 0 fully saturated rings. The Bertz CT molecular complexity index is 658. The molecule has 1 aromatic rings. The lowest BCUT2D eigenvalue weighted by Gasteiger charge is -2.31. The third-order valence-corrected chi connectivity index (χ3v) is 6.83. The van der Waals surface area contributed by atoms with Crippen LogP contribution in [-0.2, 0) is 31.6 Å². The minimum atomic E-state index is -3.35. The van der Waals surface area contributed by atoms with Gasteiger partial charge in [-0.15, -0.1) is 0 Å². The van der Waals surface area contributed by atoms with Crippen molar-refractivity contribution >= 4 is 10.1 Å². The van der Waals surface area contributed by atoms with Crippen LogP contribution in [-0.4, -0.2) is 20.8 Å². The second-order valence-corrected chi connectivity index (χ2v) is 10.0. The van der Waals surface area contributed by atoms with Crippen LogP contribution >= 0.6 is 0 Å². The summed E-state index contributed by atoms with van der Waals surface area (Å²) in [5.41, 5.74) is 4.33. The van der Waals surface area contributed by atoms with Crippen LogP contribution in [0.3, 0.4) is 0 Å². The molecule has 3 nitrogen and oxygen atoms in total. The zero-order valence-corrected chi connectivity index (χ0v) is 17.9. The fourth-order valence-electron chi connectivity index (χ4n) is 2.77. The molecule has 0 saturated heterocycles. The summed E-state index contributed by atoms with van der Waals surface area (Å²) in [6, 6.07) is 6.83. The van der Waals surface area contributed by atoms with Crippen molar-refractivity contribution < 1.29 is 12.6 Å². The lowest BCUT2D eigenvalue weighted by atomic mass is 9.74. The highest BCUT2D eigenvalue weighted by atomic mass is 32.2.